The van der Waals surface area contributed by atoms with Crippen molar-refractivity contribution >= 4 is 5.69 Å². The molecule has 2 aliphatic heterocycles. The molecule has 0 aliphatic carbocycles. The molecule has 4 heteroatoms. The number of hydrogen-bond acceptors (Lipinski definition) is 3. The van der Waals surface area contributed by atoms with Gasteiger partial charge in [0.15, 0.2) is 0 Å². The fourth-order valence-electron chi connectivity index (χ4n) is 3.40. The summed E-state index contributed by atoms with van der Waals surface area (Å²) in [7, 11) is 0. The number of rotatable bonds is 3. The van der Waals surface area contributed by atoms with Gasteiger partial charge in [-0.3, -0.25) is 4.90 Å². The van der Waals surface area contributed by atoms with Crippen molar-refractivity contribution in [2.24, 2.45) is 0 Å². The molecule has 0 aromatic heterocycles. The van der Waals surface area contributed by atoms with Gasteiger partial charge in [-0.15, -0.1) is 0 Å². The molecule has 20 heavy (non-hydrogen) atoms. The first kappa shape index (κ1) is 13.8. The molecule has 1 N–H and O–H groups in total. The number of halogens is 1. The zero-order valence-corrected chi connectivity index (χ0v) is 12.1. The monoisotopic (exact) mass is 278 g/mol. The van der Waals surface area contributed by atoms with Crippen molar-refractivity contribution in [1.82, 2.24) is 4.90 Å². The summed E-state index contributed by atoms with van der Waals surface area (Å²) in [5, 5.41) is 9.50. The number of aliphatic hydroxyl groups excluding tert-OH is 1. The smallest absolute Gasteiger partial charge is 0.146 e. The Morgan fingerprint density at radius 2 is 2.00 bits per heavy atom. The highest BCUT2D eigenvalue weighted by molar-refractivity contribution is 5.50. The summed E-state index contributed by atoms with van der Waals surface area (Å²) in [6, 6.07) is 5.67. The average Bonchev–Trinajstić information content (AvgIpc) is 3.09. The summed E-state index contributed by atoms with van der Waals surface area (Å²) in [6.45, 7) is 5.90. The molecule has 2 heterocycles. The van der Waals surface area contributed by atoms with E-state index in [0.29, 0.717) is 17.3 Å². The highest BCUT2D eigenvalue weighted by atomic mass is 19.1. The molecule has 0 bridgehead atoms. The molecule has 110 valence electrons. The summed E-state index contributed by atoms with van der Waals surface area (Å²) < 4.78 is 14.2. The molecular formula is C16H23FN2O. The van der Waals surface area contributed by atoms with E-state index in [0.717, 1.165) is 19.5 Å². The van der Waals surface area contributed by atoms with Crippen LogP contribution in [0.5, 0.6) is 0 Å². The first-order valence-electron chi connectivity index (χ1n) is 7.61. The van der Waals surface area contributed by atoms with Crippen molar-refractivity contribution in [3.63, 3.8) is 0 Å². The van der Waals surface area contributed by atoms with Gasteiger partial charge in [0, 0.05) is 19.1 Å². The molecule has 0 amide bonds. The summed E-state index contributed by atoms with van der Waals surface area (Å²) in [5.74, 6) is -0.217. The molecule has 0 spiro atoms. The molecule has 1 aromatic rings. The minimum atomic E-state index is -0.616. The van der Waals surface area contributed by atoms with Gasteiger partial charge in [0.25, 0.3) is 0 Å². The number of benzene rings is 1. The van der Waals surface area contributed by atoms with E-state index < -0.39 is 6.10 Å². The van der Waals surface area contributed by atoms with Gasteiger partial charge in [-0.05, 0) is 57.0 Å². The van der Waals surface area contributed by atoms with Gasteiger partial charge in [0.1, 0.15) is 5.82 Å². The lowest BCUT2D eigenvalue weighted by Crippen LogP contribution is -2.35. The van der Waals surface area contributed by atoms with E-state index >= 15 is 0 Å². The number of hydrogen-bond donors (Lipinski definition) is 1. The van der Waals surface area contributed by atoms with Crippen molar-refractivity contribution in [3.05, 3.63) is 29.6 Å². The van der Waals surface area contributed by atoms with Crippen molar-refractivity contribution in [3.8, 4) is 0 Å². The zero-order valence-electron chi connectivity index (χ0n) is 12.1. The summed E-state index contributed by atoms with van der Waals surface area (Å²) in [5.41, 5.74) is 1.32. The standard InChI is InChI=1S/C16H23FN2O/c1-12(20)13-4-5-16(15(17)10-13)19-9-6-14(11-19)18-7-2-3-8-18/h4-5,10,12,14,20H,2-3,6-9,11H2,1H3/t12-,14?/m1/s1. The van der Waals surface area contributed by atoms with Crippen molar-refractivity contribution in [2.45, 2.75) is 38.3 Å². The second kappa shape index (κ2) is 5.70. The van der Waals surface area contributed by atoms with Gasteiger partial charge in [-0.2, -0.15) is 0 Å². The van der Waals surface area contributed by atoms with Crippen molar-refractivity contribution in [1.29, 1.82) is 0 Å². The Morgan fingerprint density at radius 1 is 1.25 bits per heavy atom. The van der Waals surface area contributed by atoms with Crippen LogP contribution in [0.25, 0.3) is 0 Å². The van der Waals surface area contributed by atoms with E-state index in [2.05, 4.69) is 9.80 Å². The summed E-state index contributed by atoms with van der Waals surface area (Å²) in [6.07, 6.45) is 3.11. The van der Waals surface area contributed by atoms with E-state index in [1.807, 2.05) is 12.1 Å². The molecular weight excluding hydrogens is 255 g/mol. The Balaban J connectivity index is 1.71. The highest BCUT2D eigenvalue weighted by Crippen LogP contribution is 2.28. The molecule has 3 rings (SSSR count). The largest absolute Gasteiger partial charge is 0.389 e. The number of nitrogens with zero attached hydrogens (tertiary/aromatic N) is 2. The van der Waals surface area contributed by atoms with Gasteiger partial charge in [-0.25, -0.2) is 4.39 Å². The van der Waals surface area contributed by atoms with Crippen LogP contribution in [-0.4, -0.2) is 42.2 Å². The number of aliphatic hydroxyl groups is 1. The topological polar surface area (TPSA) is 26.7 Å². The number of anilines is 1. The second-order valence-electron chi connectivity index (χ2n) is 6.02. The maximum atomic E-state index is 14.2. The predicted octanol–water partition coefficient (Wildman–Crippen LogP) is 2.55. The number of likely N-dealkylation sites (tertiary alicyclic amines) is 1. The molecule has 3 nitrogen and oxygen atoms in total. The molecule has 2 atom stereocenters. The van der Waals surface area contributed by atoms with Crippen LogP contribution in [0.15, 0.2) is 18.2 Å². The van der Waals surface area contributed by atoms with Crippen LogP contribution >= 0.6 is 0 Å². The minimum Gasteiger partial charge on any atom is -0.389 e. The Labute approximate surface area is 120 Å². The van der Waals surface area contributed by atoms with E-state index in [1.165, 1.54) is 32.0 Å². The highest BCUT2D eigenvalue weighted by Gasteiger charge is 2.30. The zero-order chi connectivity index (χ0) is 14.1. The van der Waals surface area contributed by atoms with Crippen LogP contribution in [0.1, 0.15) is 37.9 Å². The molecule has 2 fully saturated rings. The van der Waals surface area contributed by atoms with Gasteiger partial charge < -0.3 is 10.0 Å². The second-order valence-corrected chi connectivity index (χ2v) is 6.02. The summed E-state index contributed by atoms with van der Waals surface area (Å²) >= 11 is 0. The Hall–Kier alpha value is -1.13. The van der Waals surface area contributed by atoms with Crippen molar-refractivity contribution in [2.75, 3.05) is 31.1 Å². The third kappa shape index (κ3) is 2.67. The van der Waals surface area contributed by atoms with E-state index in [4.69, 9.17) is 0 Å². The van der Waals surface area contributed by atoms with Gasteiger partial charge in [0.05, 0.1) is 11.8 Å². The van der Waals surface area contributed by atoms with E-state index in [9.17, 15) is 9.50 Å². The third-order valence-corrected chi connectivity index (χ3v) is 4.62. The van der Waals surface area contributed by atoms with Crippen LogP contribution in [0.2, 0.25) is 0 Å². The van der Waals surface area contributed by atoms with Crippen molar-refractivity contribution < 1.29 is 9.50 Å². The van der Waals surface area contributed by atoms with Crippen LogP contribution in [0, 0.1) is 5.82 Å². The van der Waals surface area contributed by atoms with Crippen LogP contribution < -0.4 is 4.90 Å². The maximum Gasteiger partial charge on any atom is 0.146 e. The molecule has 2 aliphatic rings. The molecule has 1 unspecified atom stereocenters. The SMILES string of the molecule is C[C@@H](O)c1ccc(N2CCC(N3CCCC3)C2)c(F)c1. The third-order valence-electron chi connectivity index (χ3n) is 4.62. The van der Waals surface area contributed by atoms with Crippen LogP contribution in [0.4, 0.5) is 10.1 Å². The Morgan fingerprint density at radius 3 is 2.65 bits per heavy atom. The van der Waals surface area contributed by atoms with Crippen LogP contribution in [0.3, 0.4) is 0 Å². The van der Waals surface area contributed by atoms with Gasteiger partial charge in [0.2, 0.25) is 0 Å². The van der Waals surface area contributed by atoms with E-state index in [1.54, 1.807) is 6.92 Å². The fraction of sp³-hybridized carbons (Fsp3) is 0.625. The Bertz CT molecular complexity index is 472. The lowest BCUT2D eigenvalue weighted by atomic mass is 10.1. The summed E-state index contributed by atoms with van der Waals surface area (Å²) in [4.78, 5) is 4.69. The quantitative estimate of drug-likeness (QED) is 0.920. The minimum absolute atomic E-state index is 0.217. The van der Waals surface area contributed by atoms with Crippen LogP contribution in [-0.2, 0) is 0 Å². The fourth-order valence-corrected chi connectivity index (χ4v) is 3.40. The molecule has 1 aromatic carbocycles. The molecule has 0 saturated carbocycles. The predicted molar refractivity (Wildman–Crippen MR) is 78.5 cm³/mol. The Kier molecular flexibility index (Phi) is 3.94. The lowest BCUT2D eigenvalue weighted by Gasteiger charge is -2.25. The van der Waals surface area contributed by atoms with E-state index in [-0.39, 0.29) is 5.82 Å². The van der Waals surface area contributed by atoms with Gasteiger partial charge in [-0.1, -0.05) is 6.07 Å². The normalized spacial score (nSPS) is 25.4. The molecule has 2 saturated heterocycles. The average molecular weight is 278 g/mol. The first-order valence-corrected chi connectivity index (χ1v) is 7.61. The lowest BCUT2D eigenvalue weighted by molar-refractivity contribution is 0.199. The maximum absolute atomic E-state index is 14.2. The molecule has 0 radical (unpaired) electrons. The first-order chi connectivity index (χ1) is 9.65. The van der Waals surface area contributed by atoms with Gasteiger partial charge >= 0.3 is 0 Å².